The van der Waals surface area contributed by atoms with Crippen molar-refractivity contribution in [1.29, 1.82) is 0 Å². The van der Waals surface area contributed by atoms with Gasteiger partial charge >= 0.3 is 5.97 Å². The van der Waals surface area contributed by atoms with E-state index in [1.54, 1.807) is 6.07 Å². The van der Waals surface area contributed by atoms with Crippen LogP contribution in [0, 0.1) is 11.7 Å². The Hall–Kier alpha value is -1.33. The summed E-state index contributed by atoms with van der Waals surface area (Å²) >= 11 is 0. The lowest BCUT2D eigenvalue weighted by atomic mass is 10.0. The van der Waals surface area contributed by atoms with Gasteiger partial charge in [-0.3, -0.25) is 0 Å². The highest BCUT2D eigenvalue weighted by Crippen LogP contribution is 2.42. The van der Waals surface area contributed by atoms with Crippen LogP contribution < -0.4 is 10.1 Å². The fraction of sp³-hybridized carbons (Fsp3) is 0.500. The molecule has 6 heteroatoms. The van der Waals surface area contributed by atoms with Gasteiger partial charge in [0.1, 0.15) is 0 Å². The number of benzene rings is 1. The van der Waals surface area contributed by atoms with Gasteiger partial charge in [0.15, 0.2) is 11.6 Å². The van der Waals surface area contributed by atoms with Gasteiger partial charge in [0.25, 0.3) is 0 Å². The first kappa shape index (κ1) is 15.1. The Morgan fingerprint density at radius 1 is 1.40 bits per heavy atom. The molecule has 1 heterocycles. The summed E-state index contributed by atoms with van der Waals surface area (Å²) in [4.78, 5) is 11.1. The molecule has 3 rings (SSSR count). The van der Waals surface area contributed by atoms with E-state index in [4.69, 9.17) is 9.84 Å². The molecular weight excluding hydrogens is 285 g/mol. The van der Waals surface area contributed by atoms with Gasteiger partial charge in [-0.1, -0.05) is 0 Å². The molecule has 20 heavy (non-hydrogen) atoms. The van der Waals surface area contributed by atoms with Gasteiger partial charge in [0, 0.05) is 19.0 Å². The molecular formula is C14H17ClFNO3. The molecule has 0 amide bonds. The van der Waals surface area contributed by atoms with Gasteiger partial charge < -0.3 is 15.2 Å². The summed E-state index contributed by atoms with van der Waals surface area (Å²) in [7, 11) is 0. The molecule has 1 aromatic rings. The van der Waals surface area contributed by atoms with Crippen molar-refractivity contribution in [1.82, 2.24) is 5.32 Å². The maximum absolute atomic E-state index is 14.0. The van der Waals surface area contributed by atoms with Crippen molar-refractivity contribution in [3.05, 3.63) is 29.1 Å². The molecule has 4 nitrogen and oxygen atoms in total. The van der Waals surface area contributed by atoms with Gasteiger partial charge in [-0.05, 0) is 36.5 Å². The van der Waals surface area contributed by atoms with Crippen LogP contribution in [0.5, 0.6) is 5.75 Å². The first-order chi connectivity index (χ1) is 9.15. The van der Waals surface area contributed by atoms with Crippen LogP contribution in [-0.4, -0.2) is 30.8 Å². The summed E-state index contributed by atoms with van der Waals surface area (Å²) < 4.78 is 19.5. The van der Waals surface area contributed by atoms with Gasteiger partial charge in [-0.15, -0.1) is 12.4 Å². The van der Waals surface area contributed by atoms with Crippen molar-refractivity contribution >= 4 is 18.4 Å². The molecule has 1 saturated heterocycles. The number of carboxylic acids is 1. The van der Waals surface area contributed by atoms with Crippen LogP contribution in [0.4, 0.5) is 4.39 Å². The minimum absolute atomic E-state index is 0. The van der Waals surface area contributed by atoms with E-state index in [0.717, 1.165) is 31.5 Å². The van der Waals surface area contributed by atoms with Crippen molar-refractivity contribution < 1.29 is 19.0 Å². The van der Waals surface area contributed by atoms with Gasteiger partial charge in [0.05, 0.1) is 12.2 Å². The Morgan fingerprint density at radius 2 is 2.10 bits per heavy atom. The number of carboxylic acid groups (broad SMARTS) is 1. The third-order valence-corrected chi connectivity index (χ3v) is 3.68. The monoisotopic (exact) mass is 301 g/mol. The molecule has 0 unspecified atom stereocenters. The van der Waals surface area contributed by atoms with Crippen LogP contribution in [0.3, 0.4) is 0 Å². The average Bonchev–Trinajstić information content (AvgIpc) is 3.12. The van der Waals surface area contributed by atoms with Gasteiger partial charge in [-0.25, -0.2) is 9.18 Å². The van der Waals surface area contributed by atoms with Crippen LogP contribution in [0.2, 0.25) is 0 Å². The summed E-state index contributed by atoms with van der Waals surface area (Å²) in [6, 6.07) is 3.10. The third kappa shape index (κ3) is 3.04. The minimum atomic E-state index is -1.24. The minimum Gasteiger partial charge on any atom is -0.490 e. The lowest BCUT2D eigenvalue weighted by Gasteiger charge is -2.27. The Morgan fingerprint density at radius 3 is 2.60 bits per heavy atom. The lowest BCUT2D eigenvalue weighted by Crippen LogP contribution is -2.45. The molecule has 0 bridgehead atoms. The molecule has 1 aromatic carbocycles. The SMILES string of the molecule is Cl.O=C(O)c1cc(C2CC2)cc(OCC2CNC2)c1F. The van der Waals surface area contributed by atoms with Crippen molar-refractivity contribution in [2.75, 3.05) is 19.7 Å². The lowest BCUT2D eigenvalue weighted by molar-refractivity contribution is 0.0690. The third-order valence-electron chi connectivity index (χ3n) is 3.68. The van der Waals surface area contributed by atoms with Crippen molar-refractivity contribution in [2.45, 2.75) is 18.8 Å². The molecule has 0 aromatic heterocycles. The summed E-state index contributed by atoms with van der Waals surface area (Å²) in [5, 5.41) is 12.2. The summed E-state index contributed by atoms with van der Waals surface area (Å²) in [6.45, 7) is 2.17. The number of nitrogens with one attached hydrogen (secondary N) is 1. The zero-order chi connectivity index (χ0) is 13.4. The molecule has 2 aliphatic rings. The van der Waals surface area contributed by atoms with E-state index in [0.29, 0.717) is 18.4 Å². The number of carbonyl (C=O) groups is 1. The van der Waals surface area contributed by atoms with E-state index in [2.05, 4.69) is 5.32 Å². The maximum Gasteiger partial charge on any atom is 0.338 e. The highest BCUT2D eigenvalue weighted by molar-refractivity contribution is 5.89. The fourth-order valence-corrected chi connectivity index (χ4v) is 2.21. The number of aromatic carboxylic acids is 1. The van der Waals surface area contributed by atoms with Gasteiger partial charge in [0.2, 0.25) is 0 Å². The quantitative estimate of drug-likeness (QED) is 0.877. The average molecular weight is 302 g/mol. The van der Waals surface area contributed by atoms with E-state index in [1.165, 1.54) is 6.07 Å². The smallest absolute Gasteiger partial charge is 0.338 e. The molecule has 110 valence electrons. The van der Waals surface area contributed by atoms with Crippen molar-refractivity contribution in [3.63, 3.8) is 0 Å². The first-order valence-corrected chi connectivity index (χ1v) is 6.55. The topological polar surface area (TPSA) is 58.6 Å². The van der Waals surface area contributed by atoms with E-state index in [9.17, 15) is 9.18 Å². The standard InChI is InChI=1S/C14H16FNO3.ClH/c15-13-11(14(17)18)3-10(9-1-2-9)4-12(13)19-7-8-5-16-6-8;/h3-4,8-9,16H,1-2,5-7H2,(H,17,18);1H. The van der Waals surface area contributed by atoms with Crippen LogP contribution in [0.1, 0.15) is 34.7 Å². The van der Waals surface area contributed by atoms with Crippen LogP contribution >= 0.6 is 12.4 Å². The highest BCUT2D eigenvalue weighted by Gasteiger charge is 2.28. The first-order valence-electron chi connectivity index (χ1n) is 6.55. The number of rotatable bonds is 5. The summed E-state index contributed by atoms with van der Waals surface area (Å²) in [5.41, 5.74) is 0.590. The molecule has 1 saturated carbocycles. The highest BCUT2D eigenvalue weighted by atomic mass is 35.5. The zero-order valence-electron chi connectivity index (χ0n) is 10.9. The maximum atomic E-state index is 14.0. The van der Waals surface area contributed by atoms with Crippen molar-refractivity contribution in [3.8, 4) is 5.75 Å². The fourth-order valence-electron chi connectivity index (χ4n) is 2.21. The van der Waals surface area contributed by atoms with Gasteiger partial charge in [-0.2, -0.15) is 0 Å². The predicted octanol–water partition coefficient (Wildman–Crippen LogP) is 2.42. The van der Waals surface area contributed by atoms with Crippen LogP contribution in [-0.2, 0) is 0 Å². The number of ether oxygens (including phenoxy) is 1. The normalized spacial score (nSPS) is 18.1. The molecule has 0 atom stereocenters. The molecule has 1 aliphatic heterocycles. The molecule has 0 spiro atoms. The summed E-state index contributed by atoms with van der Waals surface area (Å²) in [5.74, 6) is -1.17. The van der Waals surface area contributed by atoms with E-state index >= 15 is 0 Å². The second-order valence-corrected chi connectivity index (χ2v) is 5.30. The summed E-state index contributed by atoms with van der Waals surface area (Å²) in [6.07, 6.45) is 2.08. The van der Waals surface area contributed by atoms with Crippen LogP contribution in [0.25, 0.3) is 0 Å². The van der Waals surface area contributed by atoms with E-state index in [-0.39, 0.29) is 23.7 Å². The Kier molecular flexibility index (Phi) is 4.50. The van der Waals surface area contributed by atoms with Crippen molar-refractivity contribution in [2.24, 2.45) is 5.92 Å². The number of hydrogen-bond acceptors (Lipinski definition) is 3. The molecule has 2 N–H and O–H groups in total. The molecule has 1 aliphatic carbocycles. The molecule has 2 fully saturated rings. The predicted molar refractivity (Wildman–Crippen MR) is 74.4 cm³/mol. The number of halogens is 2. The second-order valence-electron chi connectivity index (χ2n) is 5.30. The largest absolute Gasteiger partial charge is 0.490 e. The van der Waals surface area contributed by atoms with E-state index < -0.39 is 11.8 Å². The Bertz CT molecular complexity index is 515. The Balaban J connectivity index is 0.00000147. The van der Waals surface area contributed by atoms with Crippen LogP contribution in [0.15, 0.2) is 12.1 Å². The Labute approximate surface area is 122 Å². The number of hydrogen-bond donors (Lipinski definition) is 2. The second kappa shape index (κ2) is 5.97. The zero-order valence-corrected chi connectivity index (χ0v) is 11.7. The van der Waals surface area contributed by atoms with E-state index in [1.807, 2.05) is 0 Å². The molecule has 0 radical (unpaired) electrons.